The largest absolute Gasteiger partial charge is 0.329 e. The summed E-state index contributed by atoms with van der Waals surface area (Å²) in [4.78, 5) is 4.43. The molecule has 1 fully saturated rings. The predicted octanol–water partition coefficient (Wildman–Crippen LogP) is 3.35. The molecule has 0 unspecified atom stereocenters. The van der Waals surface area contributed by atoms with Crippen molar-refractivity contribution in [2.24, 2.45) is 0 Å². The molecule has 0 radical (unpaired) electrons. The lowest BCUT2D eigenvalue weighted by Crippen LogP contribution is -2.31. The first-order valence-corrected chi connectivity index (χ1v) is 7.57. The molecule has 0 spiro atoms. The molecule has 1 aliphatic carbocycles. The number of hydrogen-bond donors (Lipinski definition) is 1. The third-order valence-corrected chi connectivity index (χ3v) is 4.17. The summed E-state index contributed by atoms with van der Waals surface area (Å²) in [5.41, 5.74) is 2.34. The minimum Gasteiger partial charge on any atom is -0.329 e. The van der Waals surface area contributed by atoms with Gasteiger partial charge in [0.25, 0.3) is 0 Å². The Morgan fingerprint density at radius 3 is 2.74 bits per heavy atom. The van der Waals surface area contributed by atoms with Gasteiger partial charge in [-0.25, -0.2) is 4.98 Å². The highest BCUT2D eigenvalue weighted by atomic mass is 15.1. The zero-order chi connectivity index (χ0) is 12.9. The SMILES string of the molecule is c1ccc2c(c1)ncn2CCNC1CCCCCC1. The van der Waals surface area contributed by atoms with Gasteiger partial charge in [-0.3, -0.25) is 0 Å². The summed E-state index contributed by atoms with van der Waals surface area (Å²) in [6, 6.07) is 9.08. The number of aromatic nitrogens is 2. The van der Waals surface area contributed by atoms with Gasteiger partial charge in [-0.2, -0.15) is 0 Å². The Bertz CT molecular complexity index is 509. The lowest BCUT2D eigenvalue weighted by molar-refractivity contribution is 0.447. The van der Waals surface area contributed by atoms with Crippen LogP contribution in [0, 0.1) is 0 Å². The Labute approximate surface area is 115 Å². The first-order valence-electron chi connectivity index (χ1n) is 7.57. The number of nitrogens with one attached hydrogen (secondary N) is 1. The third-order valence-electron chi connectivity index (χ3n) is 4.17. The Hall–Kier alpha value is -1.35. The van der Waals surface area contributed by atoms with Gasteiger partial charge in [0.15, 0.2) is 0 Å². The highest BCUT2D eigenvalue weighted by Crippen LogP contribution is 2.17. The molecule has 0 bridgehead atoms. The molecule has 19 heavy (non-hydrogen) atoms. The maximum absolute atomic E-state index is 4.43. The number of hydrogen-bond acceptors (Lipinski definition) is 2. The van der Waals surface area contributed by atoms with Crippen molar-refractivity contribution in [2.75, 3.05) is 6.54 Å². The Kier molecular flexibility index (Phi) is 4.13. The van der Waals surface area contributed by atoms with E-state index < -0.39 is 0 Å². The van der Waals surface area contributed by atoms with Crippen molar-refractivity contribution in [2.45, 2.75) is 51.1 Å². The van der Waals surface area contributed by atoms with Crippen molar-refractivity contribution < 1.29 is 0 Å². The van der Waals surface area contributed by atoms with Crippen LogP contribution in [-0.4, -0.2) is 22.1 Å². The highest BCUT2D eigenvalue weighted by Gasteiger charge is 2.11. The highest BCUT2D eigenvalue weighted by molar-refractivity contribution is 5.74. The Balaban J connectivity index is 1.54. The zero-order valence-electron chi connectivity index (χ0n) is 11.5. The molecule has 1 heterocycles. The van der Waals surface area contributed by atoms with E-state index in [-0.39, 0.29) is 0 Å². The van der Waals surface area contributed by atoms with Gasteiger partial charge in [0, 0.05) is 19.1 Å². The zero-order valence-corrected chi connectivity index (χ0v) is 11.5. The predicted molar refractivity (Wildman–Crippen MR) is 79.2 cm³/mol. The number of para-hydroxylation sites is 2. The summed E-state index contributed by atoms with van der Waals surface area (Å²) in [5, 5.41) is 3.72. The molecule has 0 aliphatic heterocycles. The van der Waals surface area contributed by atoms with Crippen molar-refractivity contribution in [1.29, 1.82) is 0 Å². The fourth-order valence-corrected chi connectivity index (χ4v) is 3.06. The number of fused-ring (bicyclic) bond motifs is 1. The van der Waals surface area contributed by atoms with E-state index in [1.54, 1.807) is 0 Å². The van der Waals surface area contributed by atoms with Crippen LogP contribution >= 0.6 is 0 Å². The van der Waals surface area contributed by atoms with Crippen LogP contribution in [0.5, 0.6) is 0 Å². The molecule has 0 atom stereocenters. The first kappa shape index (κ1) is 12.7. The van der Waals surface area contributed by atoms with Crippen molar-refractivity contribution in [3.05, 3.63) is 30.6 Å². The molecule has 1 aromatic carbocycles. The monoisotopic (exact) mass is 257 g/mol. The van der Waals surface area contributed by atoms with E-state index in [1.165, 1.54) is 44.0 Å². The molecular weight excluding hydrogens is 234 g/mol. The van der Waals surface area contributed by atoms with Crippen molar-refractivity contribution in [3.63, 3.8) is 0 Å². The summed E-state index contributed by atoms with van der Waals surface area (Å²) in [7, 11) is 0. The summed E-state index contributed by atoms with van der Waals surface area (Å²) in [5.74, 6) is 0. The fraction of sp³-hybridized carbons (Fsp3) is 0.562. The Morgan fingerprint density at radius 2 is 1.89 bits per heavy atom. The van der Waals surface area contributed by atoms with E-state index in [1.807, 2.05) is 12.4 Å². The van der Waals surface area contributed by atoms with Crippen LogP contribution in [-0.2, 0) is 6.54 Å². The van der Waals surface area contributed by atoms with E-state index in [2.05, 4.69) is 33.1 Å². The van der Waals surface area contributed by atoms with E-state index in [0.29, 0.717) is 0 Å². The quantitative estimate of drug-likeness (QED) is 0.851. The summed E-state index contributed by atoms with van der Waals surface area (Å²) in [6.45, 7) is 2.06. The van der Waals surface area contributed by atoms with E-state index in [0.717, 1.165) is 24.6 Å². The fourth-order valence-electron chi connectivity index (χ4n) is 3.06. The molecule has 3 rings (SSSR count). The van der Waals surface area contributed by atoms with E-state index >= 15 is 0 Å². The van der Waals surface area contributed by atoms with Crippen molar-refractivity contribution >= 4 is 11.0 Å². The average molecular weight is 257 g/mol. The molecule has 102 valence electrons. The molecule has 1 saturated carbocycles. The minimum absolute atomic E-state index is 0.734. The standard InChI is InChI=1S/C16H23N3/c1-2-4-8-14(7-3-1)17-11-12-19-13-18-15-9-5-6-10-16(15)19/h5-6,9-10,13-14,17H,1-4,7-8,11-12H2. The Morgan fingerprint density at radius 1 is 1.11 bits per heavy atom. The third kappa shape index (κ3) is 3.16. The normalized spacial score (nSPS) is 17.7. The van der Waals surface area contributed by atoms with Crippen LogP contribution in [0.1, 0.15) is 38.5 Å². The van der Waals surface area contributed by atoms with Crippen molar-refractivity contribution in [3.8, 4) is 0 Å². The second-order valence-corrected chi connectivity index (χ2v) is 5.57. The number of nitrogens with zero attached hydrogens (tertiary/aromatic N) is 2. The summed E-state index contributed by atoms with van der Waals surface area (Å²) < 4.78 is 2.25. The molecular formula is C16H23N3. The lowest BCUT2D eigenvalue weighted by atomic mass is 10.1. The molecule has 0 amide bonds. The maximum Gasteiger partial charge on any atom is 0.0958 e. The first-order chi connectivity index (χ1) is 9.43. The second-order valence-electron chi connectivity index (χ2n) is 5.57. The lowest BCUT2D eigenvalue weighted by Gasteiger charge is -2.16. The van der Waals surface area contributed by atoms with Crippen LogP contribution in [0.3, 0.4) is 0 Å². The van der Waals surface area contributed by atoms with Gasteiger partial charge in [-0.15, -0.1) is 0 Å². The minimum atomic E-state index is 0.734. The number of benzene rings is 1. The van der Waals surface area contributed by atoms with Gasteiger partial charge >= 0.3 is 0 Å². The molecule has 1 aromatic heterocycles. The smallest absolute Gasteiger partial charge is 0.0958 e. The molecule has 0 saturated heterocycles. The van der Waals surface area contributed by atoms with Crippen LogP contribution in [0.4, 0.5) is 0 Å². The van der Waals surface area contributed by atoms with E-state index in [9.17, 15) is 0 Å². The topological polar surface area (TPSA) is 29.9 Å². The van der Waals surface area contributed by atoms with Gasteiger partial charge in [-0.1, -0.05) is 37.8 Å². The van der Waals surface area contributed by atoms with Crippen LogP contribution in [0.25, 0.3) is 11.0 Å². The molecule has 2 aromatic rings. The van der Waals surface area contributed by atoms with Crippen LogP contribution in [0.15, 0.2) is 30.6 Å². The van der Waals surface area contributed by atoms with Gasteiger partial charge in [0.2, 0.25) is 0 Å². The van der Waals surface area contributed by atoms with E-state index in [4.69, 9.17) is 0 Å². The van der Waals surface area contributed by atoms with Crippen molar-refractivity contribution in [1.82, 2.24) is 14.9 Å². The molecule has 1 aliphatic rings. The average Bonchev–Trinajstić information content (AvgIpc) is 2.68. The van der Waals surface area contributed by atoms with Gasteiger partial charge in [0.05, 0.1) is 17.4 Å². The molecule has 3 heteroatoms. The van der Waals surface area contributed by atoms with Gasteiger partial charge in [0.1, 0.15) is 0 Å². The molecule has 1 N–H and O–H groups in total. The number of imidazole rings is 1. The maximum atomic E-state index is 4.43. The summed E-state index contributed by atoms with van der Waals surface area (Å²) in [6.07, 6.45) is 10.3. The van der Waals surface area contributed by atoms with Gasteiger partial charge < -0.3 is 9.88 Å². The van der Waals surface area contributed by atoms with Crippen LogP contribution < -0.4 is 5.32 Å². The summed E-state index contributed by atoms with van der Waals surface area (Å²) >= 11 is 0. The van der Waals surface area contributed by atoms with Gasteiger partial charge in [-0.05, 0) is 25.0 Å². The number of rotatable bonds is 4. The van der Waals surface area contributed by atoms with Crippen LogP contribution in [0.2, 0.25) is 0 Å². The second kappa shape index (κ2) is 6.20. The molecule has 3 nitrogen and oxygen atoms in total.